The van der Waals surface area contributed by atoms with Crippen LogP contribution in [0.15, 0.2) is 67.1 Å². The summed E-state index contributed by atoms with van der Waals surface area (Å²) in [7, 11) is -3.70. The molecule has 2 saturated heterocycles. The fourth-order valence-electron chi connectivity index (χ4n) is 5.46. The van der Waals surface area contributed by atoms with Crippen LogP contribution in [0.1, 0.15) is 54.5 Å². The number of nitrogens with one attached hydrogen (secondary N) is 1. The van der Waals surface area contributed by atoms with Gasteiger partial charge in [0.1, 0.15) is 11.1 Å². The molecule has 0 unspecified atom stereocenters. The maximum Gasteiger partial charge on any atom is 0.236 e. The van der Waals surface area contributed by atoms with Gasteiger partial charge >= 0.3 is 0 Å². The van der Waals surface area contributed by atoms with Gasteiger partial charge in [0.25, 0.3) is 0 Å². The van der Waals surface area contributed by atoms with Crippen LogP contribution >= 0.6 is 0 Å². The van der Waals surface area contributed by atoms with Crippen LogP contribution < -0.4 is 5.32 Å². The minimum atomic E-state index is -3.70. The first-order chi connectivity index (χ1) is 18.3. The van der Waals surface area contributed by atoms with Crippen molar-refractivity contribution in [1.29, 1.82) is 0 Å². The summed E-state index contributed by atoms with van der Waals surface area (Å²) in [4.78, 5) is 21.6. The number of carbonyl (C=O) groups is 1. The van der Waals surface area contributed by atoms with Crippen LogP contribution in [-0.4, -0.2) is 47.9 Å². The summed E-state index contributed by atoms with van der Waals surface area (Å²) < 4.78 is 49.7. The fourth-order valence-corrected chi connectivity index (χ4v) is 7.65. The van der Waals surface area contributed by atoms with Crippen molar-refractivity contribution >= 4 is 21.7 Å². The molecule has 1 N–H and O–H groups in total. The predicted molar refractivity (Wildman–Crippen MR) is 141 cm³/mol. The molecule has 2 atom stereocenters. The van der Waals surface area contributed by atoms with Crippen LogP contribution in [0.2, 0.25) is 0 Å². The van der Waals surface area contributed by atoms with E-state index < -0.39 is 26.5 Å². The SMILES string of the molecule is C[C@H]1CC[C@H](c2ccccc2)S(=O)(=O)N1Cc1ccc(C2(C(=O)Nc3cnccn3)CCOCC2)cc1F. The maximum atomic E-state index is 15.6. The van der Waals surface area contributed by atoms with Crippen molar-refractivity contribution in [3.8, 4) is 0 Å². The number of benzene rings is 2. The molecule has 200 valence electrons. The molecule has 0 bridgehead atoms. The van der Waals surface area contributed by atoms with Crippen LogP contribution in [0.25, 0.3) is 0 Å². The molecule has 1 aromatic heterocycles. The lowest BCUT2D eigenvalue weighted by Crippen LogP contribution is -2.45. The van der Waals surface area contributed by atoms with E-state index in [9.17, 15) is 13.2 Å². The second-order valence-corrected chi connectivity index (χ2v) is 12.0. The van der Waals surface area contributed by atoms with Crippen LogP contribution in [0.3, 0.4) is 0 Å². The lowest BCUT2D eigenvalue weighted by atomic mass is 9.73. The summed E-state index contributed by atoms with van der Waals surface area (Å²) in [6, 6.07) is 13.6. The summed E-state index contributed by atoms with van der Waals surface area (Å²) >= 11 is 0. The summed E-state index contributed by atoms with van der Waals surface area (Å²) in [5, 5.41) is 2.15. The number of anilines is 1. The Kier molecular flexibility index (Phi) is 7.56. The molecular formula is C28H31FN4O4S. The van der Waals surface area contributed by atoms with Crippen LogP contribution in [0, 0.1) is 5.82 Å². The first kappa shape index (κ1) is 26.4. The van der Waals surface area contributed by atoms with Crippen molar-refractivity contribution in [2.45, 2.75) is 55.9 Å². The molecule has 2 aromatic carbocycles. The Morgan fingerprint density at radius 3 is 2.58 bits per heavy atom. The molecule has 2 aliphatic heterocycles. The highest BCUT2D eigenvalue weighted by Gasteiger charge is 2.43. The summed E-state index contributed by atoms with van der Waals surface area (Å²) in [6.45, 7) is 2.52. The Morgan fingerprint density at radius 2 is 1.89 bits per heavy atom. The number of hydrogen-bond acceptors (Lipinski definition) is 6. The lowest BCUT2D eigenvalue weighted by Gasteiger charge is -2.38. The smallest absolute Gasteiger partial charge is 0.236 e. The van der Waals surface area contributed by atoms with Gasteiger partial charge in [-0.2, -0.15) is 4.31 Å². The van der Waals surface area contributed by atoms with Crippen LogP contribution in [0.4, 0.5) is 10.2 Å². The molecule has 8 nitrogen and oxygen atoms in total. The van der Waals surface area contributed by atoms with Crippen molar-refractivity contribution < 1.29 is 22.3 Å². The topological polar surface area (TPSA) is 101 Å². The summed E-state index contributed by atoms with van der Waals surface area (Å²) in [5.41, 5.74) is 0.545. The molecule has 1 amide bonds. The summed E-state index contributed by atoms with van der Waals surface area (Å²) in [6.07, 6.45) is 6.43. The number of aromatic nitrogens is 2. The van der Waals surface area contributed by atoms with Crippen molar-refractivity contribution in [2.24, 2.45) is 0 Å². The van der Waals surface area contributed by atoms with E-state index in [2.05, 4.69) is 15.3 Å². The van der Waals surface area contributed by atoms with Gasteiger partial charge in [-0.15, -0.1) is 0 Å². The van der Waals surface area contributed by atoms with E-state index in [1.165, 1.54) is 29.0 Å². The average Bonchev–Trinajstić information content (AvgIpc) is 2.93. The highest BCUT2D eigenvalue weighted by Crippen LogP contribution is 2.40. The van der Waals surface area contributed by atoms with E-state index >= 15 is 4.39 Å². The summed E-state index contributed by atoms with van der Waals surface area (Å²) in [5.74, 6) is -0.519. The van der Waals surface area contributed by atoms with Crippen molar-refractivity contribution in [3.05, 3.63) is 89.6 Å². The molecule has 0 radical (unpaired) electrons. The third kappa shape index (κ3) is 5.08. The molecule has 0 aliphatic carbocycles. The number of hydrogen-bond donors (Lipinski definition) is 1. The van der Waals surface area contributed by atoms with Gasteiger partial charge in [-0.25, -0.2) is 17.8 Å². The third-order valence-corrected chi connectivity index (χ3v) is 10.1. The highest BCUT2D eigenvalue weighted by atomic mass is 32.2. The zero-order valence-corrected chi connectivity index (χ0v) is 22.0. The number of rotatable bonds is 6. The molecule has 5 rings (SSSR count). The second kappa shape index (κ2) is 10.9. The Balaban J connectivity index is 1.42. The van der Waals surface area contributed by atoms with Crippen LogP contribution in [0.5, 0.6) is 0 Å². The number of ether oxygens (including phenoxy) is 1. The highest BCUT2D eigenvalue weighted by molar-refractivity contribution is 7.89. The number of amides is 1. The zero-order valence-electron chi connectivity index (χ0n) is 21.2. The van der Waals surface area contributed by atoms with E-state index in [4.69, 9.17) is 4.74 Å². The Morgan fingerprint density at radius 1 is 1.13 bits per heavy atom. The normalized spacial score (nSPS) is 23.0. The standard InChI is InChI=1S/C28H31FN4O4S/c1-20-7-10-25(21-5-3-2-4-6-21)38(35,36)33(20)19-22-8-9-23(17-24(22)29)28(11-15-37-16-12-28)27(34)32-26-18-30-13-14-31-26/h2-6,8-9,13-14,17-18,20,25H,7,10-12,15-16,19H2,1H3,(H,31,32,34)/t20-,25+/m0/s1. The molecule has 2 fully saturated rings. The zero-order chi connectivity index (χ0) is 26.8. The van der Waals surface area contributed by atoms with Crippen molar-refractivity contribution in [3.63, 3.8) is 0 Å². The minimum Gasteiger partial charge on any atom is -0.381 e. The molecule has 0 spiro atoms. The first-order valence-corrected chi connectivity index (χ1v) is 14.3. The van der Waals surface area contributed by atoms with Crippen LogP contribution in [-0.2, 0) is 31.5 Å². The molecule has 2 aliphatic rings. The number of sulfonamides is 1. The first-order valence-electron chi connectivity index (χ1n) is 12.8. The molecule has 3 heterocycles. The van der Waals surface area contributed by atoms with Gasteiger partial charge in [-0.3, -0.25) is 9.78 Å². The molecule has 3 aromatic rings. The van der Waals surface area contributed by atoms with Crippen molar-refractivity contribution in [2.75, 3.05) is 18.5 Å². The molecule has 0 saturated carbocycles. The van der Waals surface area contributed by atoms with Crippen molar-refractivity contribution in [1.82, 2.24) is 14.3 Å². The van der Waals surface area contributed by atoms with Gasteiger partial charge in [-0.1, -0.05) is 42.5 Å². The molecule has 10 heteroatoms. The Labute approximate surface area is 222 Å². The van der Waals surface area contributed by atoms with Gasteiger partial charge in [0.2, 0.25) is 15.9 Å². The Bertz CT molecular complexity index is 1380. The van der Waals surface area contributed by atoms with E-state index in [0.29, 0.717) is 50.3 Å². The predicted octanol–water partition coefficient (Wildman–Crippen LogP) is 4.36. The van der Waals surface area contributed by atoms with E-state index in [1.54, 1.807) is 12.1 Å². The Hall–Kier alpha value is -3.21. The lowest BCUT2D eigenvalue weighted by molar-refractivity contribution is -0.125. The van der Waals surface area contributed by atoms with Gasteiger partial charge < -0.3 is 10.1 Å². The quantitative estimate of drug-likeness (QED) is 0.501. The largest absolute Gasteiger partial charge is 0.381 e. The number of halogens is 1. The van der Waals surface area contributed by atoms with Gasteiger partial charge in [-0.05, 0) is 49.8 Å². The molecule has 38 heavy (non-hydrogen) atoms. The monoisotopic (exact) mass is 538 g/mol. The average molecular weight is 539 g/mol. The minimum absolute atomic E-state index is 0.0686. The van der Waals surface area contributed by atoms with Gasteiger partial charge in [0.15, 0.2) is 5.82 Å². The number of carbonyl (C=O) groups excluding carboxylic acids is 1. The van der Waals surface area contributed by atoms with E-state index in [0.717, 1.165) is 5.56 Å². The second-order valence-electron chi connectivity index (χ2n) is 9.96. The third-order valence-electron chi connectivity index (χ3n) is 7.71. The van der Waals surface area contributed by atoms with E-state index in [1.807, 2.05) is 37.3 Å². The number of nitrogens with zero attached hydrogens (tertiary/aromatic N) is 3. The maximum absolute atomic E-state index is 15.6. The molecular weight excluding hydrogens is 507 g/mol. The van der Waals surface area contributed by atoms with Gasteiger partial charge in [0.05, 0.1) is 11.6 Å². The van der Waals surface area contributed by atoms with Gasteiger partial charge in [0, 0.05) is 43.8 Å². The fraction of sp³-hybridized carbons (Fsp3) is 0.393. The van der Waals surface area contributed by atoms with E-state index in [-0.39, 0.29) is 24.1 Å².